The standard InChI is InChI=1S/C37H53NO3/c1-32(2)19-21-37(31(39)41-24-25-11-9-8-10-12-25)22-20-35(6)26(27(37)23-32)13-14-29-34(5)17-16-30(38-40)33(3,4)28(34)15-18-36(29,35)7/h8-13,27-30H,14-24H2,1-7H3/t27-,28-,29+,30?,34-,35+,36+,37-/m0/s1. The quantitative estimate of drug-likeness (QED) is 0.210. The summed E-state index contributed by atoms with van der Waals surface area (Å²) in [6.45, 7) is 17.5. The van der Waals surface area contributed by atoms with Crippen molar-refractivity contribution < 1.29 is 9.53 Å². The van der Waals surface area contributed by atoms with Crippen LogP contribution in [0.4, 0.5) is 0 Å². The first kappa shape index (κ1) is 29.1. The maximum atomic E-state index is 14.2. The lowest BCUT2D eigenvalue weighted by atomic mass is 9.33. The Bertz CT molecular complexity index is 1230. The van der Waals surface area contributed by atoms with Gasteiger partial charge in [-0.25, -0.2) is 0 Å². The molecule has 5 aliphatic rings. The van der Waals surface area contributed by atoms with Crippen molar-refractivity contribution in [2.75, 3.05) is 0 Å². The Hall–Kier alpha value is -1.97. The number of benzene rings is 1. The van der Waals surface area contributed by atoms with E-state index < -0.39 is 5.41 Å². The van der Waals surface area contributed by atoms with E-state index in [0.29, 0.717) is 18.4 Å². The number of ether oxygens (including phenoxy) is 1. The fourth-order valence-corrected chi connectivity index (χ4v) is 11.7. The van der Waals surface area contributed by atoms with Crippen molar-refractivity contribution in [3.05, 3.63) is 52.5 Å². The van der Waals surface area contributed by atoms with E-state index >= 15 is 0 Å². The zero-order valence-electron chi connectivity index (χ0n) is 26.7. The van der Waals surface area contributed by atoms with Gasteiger partial charge in [0.25, 0.3) is 0 Å². The number of fused-ring (bicyclic) bond motifs is 7. The summed E-state index contributed by atoms with van der Waals surface area (Å²) >= 11 is 0. The van der Waals surface area contributed by atoms with Crippen LogP contribution in [0.5, 0.6) is 0 Å². The van der Waals surface area contributed by atoms with Gasteiger partial charge in [-0.1, -0.05) is 95.6 Å². The second-order valence-corrected chi connectivity index (χ2v) is 16.9. The topological polar surface area (TPSA) is 55.7 Å². The monoisotopic (exact) mass is 559 g/mol. The van der Waals surface area contributed by atoms with Crippen LogP contribution in [-0.2, 0) is 16.1 Å². The second-order valence-electron chi connectivity index (χ2n) is 16.9. The van der Waals surface area contributed by atoms with Crippen LogP contribution in [0.3, 0.4) is 0 Å². The predicted octanol–water partition coefficient (Wildman–Crippen LogP) is 9.67. The number of carbonyl (C=O) groups excluding carboxylic acids is 1. The van der Waals surface area contributed by atoms with Crippen LogP contribution in [0.15, 0.2) is 47.2 Å². The Morgan fingerprint density at radius 3 is 2.29 bits per heavy atom. The third-order valence-electron chi connectivity index (χ3n) is 14.4. The average Bonchev–Trinajstić information content (AvgIpc) is 2.92. The summed E-state index contributed by atoms with van der Waals surface area (Å²) in [4.78, 5) is 26.0. The molecule has 1 aromatic carbocycles. The number of hydrogen-bond acceptors (Lipinski definition) is 4. The molecule has 0 spiro atoms. The summed E-state index contributed by atoms with van der Waals surface area (Å²) in [6, 6.07) is 10.1. The summed E-state index contributed by atoms with van der Waals surface area (Å²) in [5, 5.41) is 3.63. The van der Waals surface area contributed by atoms with Crippen LogP contribution in [-0.4, -0.2) is 12.0 Å². The van der Waals surface area contributed by atoms with Crippen molar-refractivity contribution >= 4 is 5.97 Å². The molecule has 224 valence electrons. The second kappa shape index (κ2) is 9.52. The summed E-state index contributed by atoms with van der Waals surface area (Å²) < 4.78 is 6.17. The van der Waals surface area contributed by atoms with Crippen LogP contribution in [0, 0.1) is 55.2 Å². The Morgan fingerprint density at radius 1 is 0.878 bits per heavy atom. The van der Waals surface area contributed by atoms with Crippen molar-refractivity contribution in [1.29, 1.82) is 0 Å². The molecule has 0 heterocycles. The molecule has 0 aliphatic heterocycles. The van der Waals surface area contributed by atoms with Gasteiger partial charge >= 0.3 is 5.97 Å². The van der Waals surface area contributed by atoms with Gasteiger partial charge in [0.15, 0.2) is 0 Å². The molecule has 4 nitrogen and oxygen atoms in total. The molecule has 4 fully saturated rings. The summed E-state index contributed by atoms with van der Waals surface area (Å²) in [5.41, 5.74) is 2.86. The number of nitroso groups, excluding NO2 is 1. The molecule has 0 radical (unpaired) electrons. The minimum Gasteiger partial charge on any atom is -0.460 e. The fraction of sp³-hybridized carbons (Fsp3) is 0.757. The van der Waals surface area contributed by atoms with Crippen LogP contribution < -0.4 is 0 Å². The SMILES string of the molecule is CC1(C)CC[C@]2(C(=O)OCc3ccccc3)CC[C@]3(C)C(=CC[C@@H]4[C@@]5(C)CCC(N=O)C(C)(C)[C@@H]5CC[C@]43C)[C@@H]2C1. The zero-order chi connectivity index (χ0) is 29.5. The molecule has 6 rings (SSSR count). The highest BCUT2D eigenvalue weighted by molar-refractivity contribution is 5.79. The molecule has 1 aromatic rings. The van der Waals surface area contributed by atoms with E-state index in [-0.39, 0.29) is 45.0 Å². The molecule has 0 aromatic heterocycles. The maximum absolute atomic E-state index is 14.2. The van der Waals surface area contributed by atoms with Gasteiger partial charge in [-0.2, -0.15) is 4.91 Å². The maximum Gasteiger partial charge on any atom is 0.313 e. The van der Waals surface area contributed by atoms with Gasteiger partial charge < -0.3 is 4.74 Å². The smallest absolute Gasteiger partial charge is 0.313 e. The molecule has 0 N–H and O–H groups in total. The van der Waals surface area contributed by atoms with Gasteiger partial charge in [-0.15, -0.1) is 0 Å². The minimum absolute atomic E-state index is 0.0363. The molecule has 0 saturated heterocycles. The molecule has 0 bridgehead atoms. The number of esters is 1. The van der Waals surface area contributed by atoms with E-state index in [4.69, 9.17) is 4.74 Å². The van der Waals surface area contributed by atoms with Gasteiger partial charge in [0.05, 0.1) is 11.5 Å². The largest absolute Gasteiger partial charge is 0.460 e. The lowest BCUT2D eigenvalue weighted by molar-refractivity contribution is -0.192. The highest BCUT2D eigenvalue weighted by Gasteiger charge is 2.69. The van der Waals surface area contributed by atoms with Crippen molar-refractivity contribution in [2.24, 2.45) is 55.4 Å². The predicted molar refractivity (Wildman–Crippen MR) is 165 cm³/mol. The van der Waals surface area contributed by atoms with Gasteiger partial charge in [0.2, 0.25) is 0 Å². The average molecular weight is 560 g/mol. The first-order valence-electron chi connectivity index (χ1n) is 16.5. The first-order valence-corrected chi connectivity index (χ1v) is 16.5. The zero-order valence-corrected chi connectivity index (χ0v) is 26.7. The lowest BCUT2D eigenvalue weighted by Gasteiger charge is -2.71. The van der Waals surface area contributed by atoms with E-state index in [1.54, 1.807) is 5.57 Å². The summed E-state index contributed by atoms with van der Waals surface area (Å²) in [6.07, 6.45) is 13.2. The van der Waals surface area contributed by atoms with Gasteiger partial charge in [0, 0.05) is 0 Å². The number of allylic oxidation sites excluding steroid dienone is 2. The van der Waals surface area contributed by atoms with Crippen LogP contribution in [0.1, 0.15) is 118 Å². The highest BCUT2D eigenvalue weighted by atomic mass is 16.5. The number of nitrogens with zero attached hydrogens (tertiary/aromatic N) is 1. The van der Waals surface area contributed by atoms with E-state index in [1.807, 2.05) is 30.3 Å². The lowest BCUT2D eigenvalue weighted by Crippen LogP contribution is -2.65. The Balaban J connectivity index is 1.36. The third-order valence-corrected chi connectivity index (χ3v) is 14.4. The highest BCUT2D eigenvalue weighted by Crippen LogP contribution is 2.76. The molecule has 4 saturated carbocycles. The molecule has 1 unspecified atom stereocenters. The Kier molecular flexibility index (Phi) is 6.76. The van der Waals surface area contributed by atoms with E-state index in [1.165, 1.54) is 12.8 Å². The molecule has 0 amide bonds. The molecular weight excluding hydrogens is 506 g/mol. The summed E-state index contributed by atoms with van der Waals surface area (Å²) in [7, 11) is 0. The fourth-order valence-electron chi connectivity index (χ4n) is 11.7. The van der Waals surface area contributed by atoms with Crippen molar-refractivity contribution in [1.82, 2.24) is 0 Å². The van der Waals surface area contributed by atoms with Crippen molar-refractivity contribution in [3.8, 4) is 0 Å². The van der Waals surface area contributed by atoms with E-state index in [2.05, 4.69) is 59.7 Å². The van der Waals surface area contributed by atoms with Gasteiger partial charge in [-0.3, -0.25) is 4.79 Å². The molecule has 41 heavy (non-hydrogen) atoms. The molecule has 8 atom stereocenters. The van der Waals surface area contributed by atoms with E-state index in [0.717, 1.165) is 56.9 Å². The normalized spacial score (nSPS) is 44.2. The van der Waals surface area contributed by atoms with Crippen molar-refractivity contribution in [3.63, 3.8) is 0 Å². The van der Waals surface area contributed by atoms with Crippen molar-refractivity contribution in [2.45, 2.75) is 125 Å². The molecule has 4 heteroatoms. The third kappa shape index (κ3) is 4.08. The number of rotatable bonds is 4. The van der Waals surface area contributed by atoms with E-state index in [9.17, 15) is 9.70 Å². The minimum atomic E-state index is -0.407. The Labute approximate surface area is 248 Å². The van der Waals surface area contributed by atoms with Gasteiger partial charge in [0.1, 0.15) is 6.61 Å². The number of hydrogen-bond donors (Lipinski definition) is 0. The molecule has 5 aliphatic carbocycles. The summed E-state index contributed by atoms with van der Waals surface area (Å²) in [5.74, 6) is 1.40. The van der Waals surface area contributed by atoms with Crippen LogP contribution in [0.2, 0.25) is 0 Å². The Morgan fingerprint density at radius 2 is 1.59 bits per heavy atom. The van der Waals surface area contributed by atoms with Crippen LogP contribution in [0.25, 0.3) is 0 Å². The van der Waals surface area contributed by atoms with Crippen LogP contribution >= 0.6 is 0 Å². The number of carbonyl (C=O) groups is 1. The van der Waals surface area contributed by atoms with Gasteiger partial charge in [-0.05, 0) is 115 Å². The molecular formula is C37H53NO3. The first-order chi connectivity index (χ1) is 19.2.